The zero-order chi connectivity index (χ0) is 14.7. The minimum atomic E-state index is -0.575. The van der Waals surface area contributed by atoms with E-state index in [1.165, 1.54) is 24.6 Å². The molecule has 0 spiro atoms. The predicted molar refractivity (Wildman–Crippen MR) is 76.4 cm³/mol. The van der Waals surface area contributed by atoms with Crippen LogP contribution in [0.5, 0.6) is 0 Å². The molecule has 1 aliphatic rings. The van der Waals surface area contributed by atoms with Gasteiger partial charge in [-0.25, -0.2) is 0 Å². The molecule has 1 saturated carbocycles. The molecule has 6 nitrogen and oxygen atoms in total. The van der Waals surface area contributed by atoms with Crippen LogP contribution < -0.4 is 11.1 Å². The first-order valence-corrected chi connectivity index (χ1v) is 6.82. The summed E-state index contributed by atoms with van der Waals surface area (Å²) in [6.45, 7) is 2.17. The molecule has 0 radical (unpaired) electrons. The van der Waals surface area contributed by atoms with Crippen molar-refractivity contribution in [2.45, 2.75) is 38.6 Å². The van der Waals surface area contributed by atoms with Gasteiger partial charge in [0.15, 0.2) is 0 Å². The molecule has 0 bridgehead atoms. The van der Waals surface area contributed by atoms with Crippen LogP contribution in [0.4, 0.5) is 11.4 Å². The van der Waals surface area contributed by atoms with E-state index in [-0.39, 0.29) is 28.9 Å². The number of hydrogen-bond acceptors (Lipinski definition) is 4. The van der Waals surface area contributed by atoms with Crippen LogP contribution in [0.1, 0.15) is 43.0 Å². The summed E-state index contributed by atoms with van der Waals surface area (Å²) in [6, 6.07) is 4.43. The number of nitro groups is 1. The summed E-state index contributed by atoms with van der Waals surface area (Å²) in [5.41, 5.74) is 5.60. The second-order valence-electron chi connectivity index (χ2n) is 5.44. The normalized spacial score (nSPS) is 22.2. The third-order valence-corrected chi connectivity index (χ3v) is 3.80. The van der Waals surface area contributed by atoms with Crippen molar-refractivity contribution < 1.29 is 9.72 Å². The first-order valence-electron chi connectivity index (χ1n) is 6.82. The Labute approximate surface area is 117 Å². The molecule has 2 atom stereocenters. The van der Waals surface area contributed by atoms with Gasteiger partial charge in [0.25, 0.3) is 11.6 Å². The number of anilines is 1. The van der Waals surface area contributed by atoms with Crippen LogP contribution in [0.15, 0.2) is 18.2 Å². The number of rotatable bonds is 3. The van der Waals surface area contributed by atoms with Gasteiger partial charge in [0.1, 0.15) is 5.69 Å². The summed E-state index contributed by atoms with van der Waals surface area (Å²) in [5, 5.41) is 13.8. The monoisotopic (exact) mass is 277 g/mol. The predicted octanol–water partition coefficient (Wildman–Crippen LogP) is 2.49. The average molecular weight is 277 g/mol. The summed E-state index contributed by atoms with van der Waals surface area (Å²) in [6.07, 6.45) is 4.17. The Morgan fingerprint density at radius 3 is 2.85 bits per heavy atom. The third kappa shape index (κ3) is 3.07. The fourth-order valence-corrected chi connectivity index (χ4v) is 2.74. The van der Waals surface area contributed by atoms with Crippen LogP contribution in [0.3, 0.4) is 0 Å². The number of nitrogen functional groups attached to an aromatic ring is 1. The first-order chi connectivity index (χ1) is 9.49. The van der Waals surface area contributed by atoms with Crippen LogP contribution >= 0.6 is 0 Å². The Kier molecular flexibility index (Phi) is 4.22. The molecule has 1 amide bonds. The minimum absolute atomic E-state index is 0.0705. The lowest BCUT2D eigenvalue weighted by Crippen LogP contribution is -2.38. The van der Waals surface area contributed by atoms with E-state index in [2.05, 4.69) is 12.2 Å². The van der Waals surface area contributed by atoms with Crippen LogP contribution in [0.2, 0.25) is 0 Å². The molecule has 1 aromatic rings. The molecule has 1 aromatic carbocycles. The summed E-state index contributed by atoms with van der Waals surface area (Å²) in [7, 11) is 0. The molecule has 1 aliphatic carbocycles. The highest BCUT2D eigenvalue weighted by atomic mass is 16.6. The molecule has 0 aromatic heterocycles. The number of amides is 1. The van der Waals surface area contributed by atoms with Crippen LogP contribution in [0.25, 0.3) is 0 Å². The molecule has 0 heterocycles. The van der Waals surface area contributed by atoms with E-state index in [4.69, 9.17) is 5.73 Å². The number of hydrogen-bond donors (Lipinski definition) is 2. The smallest absolute Gasteiger partial charge is 0.292 e. The van der Waals surface area contributed by atoms with E-state index in [0.29, 0.717) is 5.92 Å². The van der Waals surface area contributed by atoms with Crippen molar-refractivity contribution in [2.24, 2.45) is 5.92 Å². The first kappa shape index (κ1) is 14.3. The number of nitro benzene ring substituents is 1. The molecule has 0 aliphatic heterocycles. The van der Waals surface area contributed by atoms with Gasteiger partial charge in [-0.1, -0.05) is 25.8 Å². The zero-order valence-corrected chi connectivity index (χ0v) is 11.5. The number of carbonyl (C=O) groups excluding carboxylic acids is 1. The maximum Gasteiger partial charge on any atom is 0.292 e. The van der Waals surface area contributed by atoms with Gasteiger partial charge in [0.05, 0.1) is 10.5 Å². The number of nitrogens with zero attached hydrogens (tertiary/aromatic N) is 1. The van der Waals surface area contributed by atoms with E-state index in [0.717, 1.165) is 19.3 Å². The van der Waals surface area contributed by atoms with Crippen LogP contribution in [0, 0.1) is 16.0 Å². The van der Waals surface area contributed by atoms with Crippen molar-refractivity contribution >= 4 is 17.3 Å². The molecule has 2 rings (SSSR count). The lowest BCUT2D eigenvalue weighted by molar-refractivity contribution is -0.383. The fourth-order valence-electron chi connectivity index (χ4n) is 2.74. The molecular formula is C14H19N3O3. The SMILES string of the molecule is CC1CCCC(NC(=O)c2cccc([N+](=O)[O-])c2N)C1. The van der Waals surface area contributed by atoms with Crippen molar-refractivity contribution in [1.29, 1.82) is 0 Å². The van der Waals surface area contributed by atoms with Gasteiger partial charge in [-0.15, -0.1) is 0 Å². The van der Waals surface area contributed by atoms with Gasteiger partial charge >= 0.3 is 0 Å². The second kappa shape index (κ2) is 5.90. The summed E-state index contributed by atoms with van der Waals surface area (Å²) in [5.74, 6) is 0.266. The Morgan fingerprint density at radius 2 is 2.20 bits per heavy atom. The minimum Gasteiger partial charge on any atom is -0.393 e. The highest BCUT2D eigenvalue weighted by Crippen LogP contribution is 2.26. The highest BCUT2D eigenvalue weighted by Gasteiger charge is 2.24. The van der Waals surface area contributed by atoms with Crippen LogP contribution in [-0.4, -0.2) is 16.9 Å². The van der Waals surface area contributed by atoms with Crippen molar-refractivity contribution in [3.8, 4) is 0 Å². The number of para-hydroxylation sites is 1. The van der Waals surface area contributed by atoms with E-state index in [9.17, 15) is 14.9 Å². The van der Waals surface area contributed by atoms with Gasteiger partial charge in [0, 0.05) is 12.1 Å². The number of nitrogens with one attached hydrogen (secondary N) is 1. The van der Waals surface area contributed by atoms with Crippen molar-refractivity contribution in [2.75, 3.05) is 5.73 Å². The van der Waals surface area contributed by atoms with Gasteiger partial charge in [-0.2, -0.15) is 0 Å². The van der Waals surface area contributed by atoms with E-state index in [1.54, 1.807) is 0 Å². The van der Waals surface area contributed by atoms with Crippen LogP contribution in [-0.2, 0) is 0 Å². The highest BCUT2D eigenvalue weighted by molar-refractivity contribution is 6.01. The Morgan fingerprint density at radius 1 is 1.45 bits per heavy atom. The maximum absolute atomic E-state index is 12.2. The van der Waals surface area contributed by atoms with Gasteiger partial charge in [-0.3, -0.25) is 14.9 Å². The summed E-state index contributed by atoms with van der Waals surface area (Å²) >= 11 is 0. The van der Waals surface area contributed by atoms with E-state index in [1.807, 2.05) is 0 Å². The zero-order valence-electron chi connectivity index (χ0n) is 11.5. The molecule has 3 N–H and O–H groups in total. The number of carbonyl (C=O) groups is 1. The van der Waals surface area contributed by atoms with E-state index < -0.39 is 4.92 Å². The van der Waals surface area contributed by atoms with Crippen molar-refractivity contribution in [3.63, 3.8) is 0 Å². The maximum atomic E-state index is 12.2. The van der Waals surface area contributed by atoms with Gasteiger partial charge in [0.2, 0.25) is 0 Å². The topological polar surface area (TPSA) is 98.3 Å². The lowest BCUT2D eigenvalue weighted by atomic mass is 9.87. The molecule has 1 fully saturated rings. The fraction of sp³-hybridized carbons (Fsp3) is 0.500. The Hall–Kier alpha value is -2.11. The summed E-state index contributed by atoms with van der Waals surface area (Å²) < 4.78 is 0. The number of nitrogens with two attached hydrogens (primary N) is 1. The quantitative estimate of drug-likeness (QED) is 0.503. The molecular weight excluding hydrogens is 258 g/mol. The van der Waals surface area contributed by atoms with Crippen molar-refractivity contribution in [1.82, 2.24) is 5.32 Å². The molecule has 2 unspecified atom stereocenters. The Bertz CT molecular complexity index is 530. The molecule has 0 saturated heterocycles. The molecule has 20 heavy (non-hydrogen) atoms. The Balaban J connectivity index is 2.13. The third-order valence-electron chi connectivity index (χ3n) is 3.80. The lowest BCUT2D eigenvalue weighted by Gasteiger charge is -2.27. The standard InChI is InChI=1S/C14H19N3O3/c1-9-4-2-5-10(8-9)16-14(18)11-6-3-7-12(13(11)15)17(19)20/h3,6-7,9-10H,2,4-5,8,15H2,1H3,(H,16,18). The second-order valence-corrected chi connectivity index (χ2v) is 5.44. The molecule has 6 heteroatoms. The summed E-state index contributed by atoms with van der Waals surface area (Å²) in [4.78, 5) is 22.5. The largest absolute Gasteiger partial charge is 0.393 e. The molecule has 108 valence electrons. The average Bonchev–Trinajstić information content (AvgIpc) is 2.38. The van der Waals surface area contributed by atoms with Gasteiger partial charge in [-0.05, 0) is 24.8 Å². The number of benzene rings is 1. The van der Waals surface area contributed by atoms with E-state index >= 15 is 0 Å². The van der Waals surface area contributed by atoms with Crippen molar-refractivity contribution in [3.05, 3.63) is 33.9 Å². The van der Waals surface area contributed by atoms with Gasteiger partial charge < -0.3 is 11.1 Å².